The molecule has 0 aliphatic heterocycles. The highest BCUT2D eigenvalue weighted by Gasteiger charge is 2.35. The minimum absolute atomic E-state index is 0.296. The van der Waals surface area contributed by atoms with Gasteiger partial charge in [-0.05, 0) is 67.7 Å². The molecule has 1 aliphatic carbocycles. The molecular formula is C18H27F2N. The van der Waals surface area contributed by atoms with Crippen LogP contribution in [-0.4, -0.2) is 13.1 Å². The summed E-state index contributed by atoms with van der Waals surface area (Å²) in [5, 5.41) is 3.39. The summed E-state index contributed by atoms with van der Waals surface area (Å²) < 4.78 is 26.7. The predicted molar refractivity (Wildman–Crippen MR) is 83.2 cm³/mol. The van der Waals surface area contributed by atoms with Crippen LogP contribution in [-0.2, 0) is 6.42 Å². The smallest absolute Gasteiger partial charge is 0.126 e. The van der Waals surface area contributed by atoms with Gasteiger partial charge < -0.3 is 5.32 Å². The summed E-state index contributed by atoms with van der Waals surface area (Å²) in [6.07, 6.45) is 4.23. The molecule has 0 saturated heterocycles. The predicted octanol–water partition coefficient (Wildman–Crippen LogP) is 4.56. The molecule has 118 valence electrons. The van der Waals surface area contributed by atoms with Crippen LogP contribution in [0.3, 0.4) is 0 Å². The van der Waals surface area contributed by atoms with Crippen molar-refractivity contribution in [3.63, 3.8) is 0 Å². The highest BCUT2D eigenvalue weighted by Crippen LogP contribution is 2.41. The zero-order valence-corrected chi connectivity index (χ0v) is 13.5. The average Bonchev–Trinajstić information content (AvgIpc) is 2.36. The van der Waals surface area contributed by atoms with Crippen LogP contribution >= 0.6 is 0 Å². The molecule has 3 unspecified atom stereocenters. The monoisotopic (exact) mass is 295 g/mol. The normalized spacial score (nSPS) is 26.9. The minimum atomic E-state index is -0.478. The zero-order valence-electron chi connectivity index (χ0n) is 13.5. The van der Waals surface area contributed by atoms with E-state index in [1.807, 2.05) is 7.05 Å². The lowest BCUT2D eigenvalue weighted by atomic mass is 9.66. The largest absolute Gasteiger partial charge is 0.317 e. The molecule has 1 aromatic carbocycles. The van der Waals surface area contributed by atoms with Crippen molar-refractivity contribution in [1.82, 2.24) is 5.32 Å². The lowest BCUT2D eigenvalue weighted by Crippen LogP contribution is -2.42. The average molecular weight is 295 g/mol. The third-order valence-electron chi connectivity index (χ3n) is 5.00. The molecule has 1 fully saturated rings. The van der Waals surface area contributed by atoms with Crippen LogP contribution in [0.5, 0.6) is 0 Å². The SMILES string of the molecule is CNC1CCC(C(C)(C)C)CC1Cc1cc(F)cc(F)c1. The van der Waals surface area contributed by atoms with Crippen LogP contribution in [0.15, 0.2) is 18.2 Å². The van der Waals surface area contributed by atoms with Crippen LogP contribution in [0.4, 0.5) is 8.78 Å². The van der Waals surface area contributed by atoms with Crippen LogP contribution in [0, 0.1) is 28.9 Å². The van der Waals surface area contributed by atoms with Crippen molar-refractivity contribution >= 4 is 0 Å². The highest BCUT2D eigenvalue weighted by atomic mass is 19.1. The lowest BCUT2D eigenvalue weighted by molar-refractivity contribution is 0.116. The van der Waals surface area contributed by atoms with Crippen molar-refractivity contribution in [2.24, 2.45) is 17.3 Å². The fourth-order valence-corrected chi connectivity index (χ4v) is 3.69. The van der Waals surface area contributed by atoms with Gasteiger partial charge in [-0.1, -0.05) is 20.8 Å². The van der Waals surface area contributed by atoms with Gasteiger partial charge in [0.2, 0.25) is 0 Å². The quantitative estimate of drug-likeness (QED) is 0.862. The van der Waals surface area contributed by atoms with Gasteiger partial charge >= 0.3 is 0 Å². The van der Waals surface area contributed by atoms with Crippen LogP contribution < -0.4 is 5.32 Å². The minimum Gasteiger partial charge on any atom is -0.317 e. The Morgan fingerprint density at radius 1 is 1.10 bits per heavy atom. The van der Waals surface area contributed by atoms with E-state index in [4.69, 9.17) is 0 Å². The molecule has 3 heteroatoms. The molecule has 0 radical (unpaired) electrons. The van der Waals surface area contributed by atoms with Gasteiger partial charge in [-0.25, -0.2) is 8.78 Å². The first kappa shape index (κ1) is 16.4. The topological polar surface area (TPSA) is 12.0 Å². The summed E-state index contributed by atoms with van der Waals surface area (Å²) in [6, 6.07) is 4.32. The van der Waals surface area contributed by atoms with Gasteiger partial charge in [-0.2, -0.15) is 0 Å². The fraction of sp³-hybridized carbons (Fsp3) is 0.667. The molecule has 1 saturated carbocycles. The van der Waals surface area contributed by atoms with E-state index in [0.717, 1.165) is 30.9 Å². The second kappa shape index (κ2) is 6.43. The van der Waals surface area contributed by atoms with E-state index in [2.05, 4.69) is 26.1 Å². The van der Waals surface area contributed by atoms with Crippen LogP contribution in [0.1, 0.15) is 45.6 Å². The lowest BCUT2D eigenvalue weighted by Gasteiger charge is -2.42. The maximum absolute atomic E-state index is 13.4. The molecule has 0 aromatic heterocycles. The van der Waals surface area contributed by atoms with E-state index < -0.39 is 11.6 Å². The maximum atomic E-state index is 13.4. The molecule has 0 amide bonds. The number of benzene rings is 1. The van der Waals surface area contributed by atoms with Crippen molar-refractivity contribution in [2.45, 2.75) is 52.5 Å². The Morgan fingerprint density at radius 3 is 2.24 bits per heavy atom. The summed E-state index contributed by atoms with van der Waals surface area (Å²) in [4.78, 5) is 0. The van der Waals surface area contributed by atoms with E-state index in [1.165, 1.54) is 18.6 Å². The molecule has 1 aromatic rings. The summed E-state index contributed by atoms with van der Waals surface area (Å²) in [7, 11) is 1.99. The summed E-state index contributed by atoms with van der Waals surface area (Å²) in [5.74, 6) is 0.156. The molecule has 1 aliphatic rings. The maximum Gasteiger partial charge on any atom is 0.126 e. The van der Waals surface area contributed by atoms with E-state index in [-0.39, 0.29) is 0 Å². The third kappa shape index (κ3) is 4.26. The van der Waals surface area contributed by atoms with Crippen molar-refractivity contribution in [3.8, 4) is 0 Å². The molecule has 0 heterocycles. The Kier molecular flexibility index (Phi) is 5.03. The van der Waals surface area contributed by atoms with Gasteiger partial charge in [0.25, 0.3) is 0 Å². The van der Waals surface area contributed by atoms with Crippen LogP contribution in [0.25, 0.3) is 0 Å². The molecule has 0 bridgehead atoms. The van der Waals surface area contributed by atoms with Gasteiger partial charge in [-0.15, -0.1) is 0 Å². The molecule has 1 nitrogen and oxygen atoms in total. The molecule has 0 spiro atoms. The Morgan fingerprint density at radius 2 is 1.71 bits per heavy atom. The van der Waals surface area contributed by atoms with Crippen molar-refractivity contribution in [3.05, 3.63) is 35.4 Å². The van der Waals surface area contributed by atoms with Gasteiger partial charge in [-0.3, -0.25) is 0 Å². The van der Waals surface area contributed by atoms with Crippen molar-refractivity contribution in [1.29, 1.82) is 0 Å². The van der Waals surface area contributed by atoms with E-state index >= 15 is 0 Å². The number of rotatable bonds is 3. The molecule has 3 atom stereocenters. The summed E-state index contributed by atoms with van der Waals surface area (Å²) in [6.45, 7) is 6.86. The number of hydrogen-bond donors (Lipinski definition) is 1. The molecular weight excluding hydrogens is 268 g/mol. The number of halogens is 2. The molecule has 2 rings (SSSR count). The molecule has 1 N–H and O–H groups in total. The zero-order chi connectivity index (χ0) is 15.6. The summed E-state index contributed by atoms with van der Waals surface area (Å²) in [5.41, 5.74) is 1.07. The Balaban J connectivity index is 2.14. The Hall–Kier alpha value is -0.960. The Labute approximate surface area is 127 Å². The summed E-state index contributed by atoms with van der Waals surface area (Å²) >= 11 is 0. The fourth-order valence-electron chi connectivity index (χ4n) is 3.69. The molecule has 21 heavy (non-hydrogen) atoms. The van der Waals surface area contributed by atoms with Crippen molar-refractivity contribution < 1.29 is 8.78 Å². The first-order chi connectivity index (χ1) is 9.79. The second-order valence-electron chi connectivity index (χ2n) is 7.51. The van der Waals surface area contributed by atoms with Gasteiger partial charge in [0.1, 0.15) is 11.6 Å². The number of nitrogens with one attached hydrogen (secondary N) is 1. The van der Waals surface area contributed by atoms with Crippen LogP contribution in [0.2, 0.25) is 0 Å². The van der Waals surface area contributed by atoms with Gasteiger partial charge in [0, 0.05) is 12.1 Å². The number of hydrogen-bond acceptors (Lipinski definition) is 1. The second-order valence-corrected chi connectivity index (χ2v) is 7.51. The van der Waals surface area contributed by atoms with E-state index in [9.17, 15) is 8.78 Å². The van der Waals surface area contributed by atoms with E-state index in [0.29, 0.717) is 23.3 Å². The Bertz CT molecular complexity index is 458. The van der Waals surface area contributed by atoms with E-state index in [1.54, 1.807) is 0 Å². The van der Waals surface area contributed by atoms with Gasteiger partial charge in [0.05, 0.1) is 0 Å². The first-order valence-corrected chi connectivity index (χ1v) is 7.92. The van der Waals surface area contributed by atoms with Gasteiger partial charge in [0.15, 0.2) is 0 Å². The highest BCUT2D eigenvalue weighted by molar-refractivity contribution is 5.19. The van der Waals surface area contributed by atoms with Crippen molar-refractivity contribution in [2.75, 3.05) is 7.05 Å². The first-order valence-electron chi connectivity index (χ1n) is 7.92. The third-order valence-corrected chi connectivity index (χ3v) is 5.00. The standard InChI is InChI=1S/C18H27F2N/c1-18(2,3)14-5-6-17(21-4)13(10-14)7-12-8-15(19)11-16(20)9-12/h8-9,11,13-14,17,21H,5-7,10H2,1-4H3.